The van der Waals surface area contributed by atoms with Gasteiger partial charge in [-0.05, 0) is 11.1 Å². The molecule has 2 aromatic rings. The lowest BCUT2D eigenvalue weighted by Gasteiger charge is -2.38. The zero-order valence-electron chi connectivity index (χ0n) is 10.5. The van der Waals surface area contributed by atoms with Crippen molar-refractivity contribution in [3.63, 3.8) is 0 Å². The molecule has 18 heavy (non-hydrogen) atoms. The Bertz CT molecular complexity index is 464. The highest BCUT2D eigenvalue weighted by Crippen LogP contribution is 2.48. The SMILES string of the molecule is C[Si](C)(Br)C(Br)(c1ccccc1)c1ccccc1. The van der Waals surface area contributed by atoms with E-state index in [1.807, 2.05) is 0 Å². The molecule has 0 bridgehead atoms. The van der Waals surface area contributed by atoms with Crippen molar-refractivity contribution in [2.75, 3.05) is 0 Å². The minimum atomic E-state index is -1.66. The Labute approximate surface area is 126 Å². The molecular weight excluding hydrogens is 368 g/mol. The van der Waals surface area contributed by atoms with E-state index in [4.69, 9.17) is 0 Å². The fraction of sp³-hybridized carbons (Fsp3) is 0.200. The van der Waals surface area contributed by atoms with Gasteiger partial charge in [0.2, 0.25) is 0 Å². The van der Waals surface area contributed by atoms with Crippen LogP contribution in [0.4, 0.5) is 0 Å². The Morgan fingerprint density at radius 1 is 0.778 bits per heavy atom. The summed E-state index contributed by atoms with van der Waals surface area (Å²) in [5.41, 5.74) is 2.62. The van der Waals surface area contributed by atoms with Crippen LogP contribution >= 0.6 is 31.2 Å². The van der Waals surface area contributed by atoms with Crippen LogP contribution in [0.5, 0.6) is 0 Å². The molecule has 0 radical (unpaired) electrons. The molecular formula is C15H16Br2Si. The van der Waals surface area contributed by atoms with Crippen LogP contribution < -0.4 is 0 Å². The summed E-state index contributed by atoms with van der Waals surface area (Å²) in [6, 6.07) is 21.3. The number of halogens is 2. The molecule has 0 saturated carbocycles. The monoisotopic (exact) mass is 382 g/mol. The van der Waals surface area contributed by atoms with E-state index in [2.05, 4.69) is 105 Å². The number of hydrogen-bond acceptors (Lipinski definition) is 0. The molecule has 0 amide bonds. The van der Waals surface area contributed by atoms with Gasteiger partial charge in [-0.1, -0.05) is 89.7 Å². The van der Waals surface area contributed by atoms with Gasteiger partial charge in [-0.15, -0.1) is 15.3 Å². The van der Waals surface area contributed by atoms with Crippen molar-refractivity contribution in [3.8, 4) is 0 Å². The van der Waals surface area contributed by atoms with E-state index in [-0.39, 0.29) is 3.95 Å². The van der Waals surface area contributed by atoms with Gasteiger partial charge < -0.3 is 0 Å². The maximum absolute atomic E-state index is 4.04. The van der Waals surface area contributed by atoms with Gasteiger partial charge in [-0.2, -0.15) is 0 Å². The standard InChI is InChI=1S/C15H16Br2Si/c1-18(2,17)15(16,13-9-5-3-6-10-13)14-11-7-4-8-12-14/h3-12H,1-2H3. The number of benzene rings is 2. The highest BCUT2D eigenvalue weighted by Gasteiger charge is 2.46. The second kappa shape index (κ2) is 5.31. The van der Waals surface area contributed by atoms with E-state index in [0.717, 1.165) is 0 Å². The van der Waals surface area contributed by atoms with E-state index in [1.54, 1.807) is 0 Å². The molecule has 0 aliphatic heterocycles. The average molecular weight is 384 g/mol. The smallest absolute Gasteiger partial charge is 0.124 e. The van der Waals surface area contributed by atoms with Crippen LogP contribution in [0.3, 0.4) is 0 Å². The van der Waals surface area contributed by atoms with Crippen LogP contribution in [-0.2, 0) is 3.95 Å². The normalized spacial score (nSPS) is 12.4. The van der Waals surface area contributed by atoms with Gasteiger partial charge in [0.25, 0.3) is 0 Å². The van der Waals surface area contributed by atoms with E-state index >= 15 is 0 Å². The highest BCUT2D eigenvalue weighted by molar-refractivity contribution is 9.27. The molecule has 0 aromatic heterocycles. The summed E-state index contributed by atoms with van der Waals surface area (Å²) < 4.78 is -0.109. The van der Waals surface area contributed by atoms with E-state index in [9.17, 15) is 0 Å². The van der Waals surface area contributed by atoms with Gasteiger partial charge in [0.15, 0.2) is 6.69 Å². The predicted octanol–water partition coefficient (Wildman–Crippen LogP) is 5.46. The summed E-state index contributed by atoms with van der Waals surface area (Å²) in [6.07, 6.45) is 0. The lowest BCUT2D eigenvalue weighted by molar-refractivity contribution is 1.04. The number of rotatable bonds is 3. The second-order valence-electron chi connectivity index (χ2n) is 4.86. The number of hydrogen-bond donors (Lipinski definition) is 0. The third-order valence-corrected chi connectivity index (χ3v) is 12.6. The average Bonchev–Trinajstić information content (AvgIpc) is 2.38. The zero-order chi connectivity index (χ0) is 13.2. The Morgan fingerprint density at radius 3 is 1.39 bits per heavy atom. The fourth-order valence-electron chi connectivity index (χ4n) is 2.19. The van der Waals surface area contributed by atoms with Crippen LogP contribution in [0.25, 0.3) is 0 Å². The van der Waals surface area contributed by atoms with Crippen LogP contribution in [0.2, 0.25) is 13.1 Å². The van der Waals surface area contributed by atoms with Gasteiger partial charge in [0, 0.05) is 0 Å². The molecule has 0 saturated heterocycles. The van der Waals surface area contributed by atoms with Crippen LogP contribution in [0, 0.1) is 0 Å². The molecule has 3 heteroatoms. The highest BCUT2D eigenvalue weighted by atomic mass is 79.9. The topological polar surface area (TPSA) is 0 Å². The van der Waals surface area contributed by atoms with E-state index in [0.29, 0.717) is 0 Å². The summed E-state index contributed by atoms with van der Waals surface area (Å²) in [5.74, 6) is 0. The third-order valence-electron chi connectivity index (χ3n) is 3.16. The summed E-state index contributed by atoms with van der Waals surface area (Å²) >= 11 is 8.00. The first-order chi connectivity index (χ1) is 8.46. The first-order valence-corrected chi connectivity index (χ1v) is 12.0. The van der Waals surface area contributed by atoms with E-state index in [1.165, 1.54) is 11.1 Å². The van der Waals surface area contributed by atoms with Crippen molar-refractivity contribution in [1.82, 2.24) is 0 Å². The first kappa shape index (κ1) is 14.0. The van der Waals surface area contributed by atoms with Crippen molar-refractivity contribution in [1.29, 1.82) is 0 Å². The molecule has 0 aliphatic rings. The van der Waals surface area contributed by atoms with Crippen LogP contribution in [0.1, 0.15) is 11.1 Å². The predicted molar refractivity (Wildman–Crippen MR) is 89.0 cm³/mol. The van der Waals surface area contributed by atoms with Crippen LogP contribution in [-0.4, -0.2) is 6.69 Å². The van der Waals surface area contributed by atoms with Crippen molar-refractivity contribution in [2.24, 2.45) is 0 Å². The quantitative estimate of drug-likeness (QED) is 0.374. The molecule has 2 aromatic carbocycles. The summed E-state index contributed by atoms with van der Waals surface area (Å²) in [7, 11) is 0. The molecule has 0 unspecified atom stereocenters. The molecule has 0 heterocycles. The van der Waals surface area contributed by atoms with Crippen molar-refractivity contribution >= 4 is 37.9 Å². The van der Waals surface area contributed by atoms with Gasteiger partial charge >= 0.3 is 0 Å². The zero-order valence-corrected chi connectivity index (χ0v) is 14.7. The van der Waals surface area contributed by atoms with Gasteiger partial charge in [0.05, 0.1) is 3.95 Å². The largest absolute Gasteiger partial charge is 0.151 e. The minimum absolute atomic E-state index is 0.109. The molecule has 0 aliphatic carbocycles. The molecule has 94 valence electrons. The maximum Gasteiger partial charge on any atom is 0.151 e. The van der Waals surface area contributed by atoms with E-state index < -0.39 is 6.69 Å². The Balaban J connectivity index is 2.63. The minimum Gasteiger partial charge on any atom is -0.124 e. The first-order valence-electron chi connectivity index (χ1n) is 5.95. The molecule has 2 rings (SSSR count). The molecule has 0 atom stereocenters. The molecule has 0 spiro atoms. The Hall–Kier alpha value is -0.383. The second-order valence-corrected chi connectivity index (χ2v) is 16.4. The lowest BCUT2D eigenvalue weighted by Crippen LogP contribution is -2.43. The van der Waals surface area contributed by atoms with Crippen molar-refractivity contribution in [3.05, 3.63) is 71.8 Å². The third kappa shape index (κ3) is 2.49. The molecule has 0 nitrogen and oxygen atoms in total. The Kier molecular flexibility index (Phi) is 4.14. The molecule has 0 N–H and O–H groups in total. The van der Waals surface area contributed by atoms with Crippen molar-refractivity contribution < 1.29 is 0 Å². The molecule has 0 fully saturated rings. The summed E-state index contributed by atoms with van der Waals surface area (Å²) in [4.78, 5) is 0. The number of alkyl halides is 1. The summed E-state index contributed by atoms with van der Waals surface area (Å²) in [6.45, 7) is 2.98. The Morgan fingerprint density at radius 2 is 1.11 bits per heavy atom. The van der Waals surface area contributed by atoms with Gasteiger partial charge in [0.1, 0.15) is 0 Å². The summed E-state index contributed by atoms with van der Waals surface area (Å²) in [5, 5.41) is 0. The van der Waals surface area contributed by atoms with Gasteiger partial charge in [-0.25, -0.2) is 0 Å². The van der Waals surface area contributed by atoms with Gasteiger partial charge in [-0.3, -0.25) is 0 Å². The van der Waals surface area contributed by atoms with Crippen molar-refractivity contribution in [2.45, 2.75) is 17.0 Å². The lowest BCUT2D eigenvalue weighted by atomic mass is 10.0. The maximum atomic E-state index is 4.04. The fourth-order valence-corrected chi connectivity index (χ4v) is 5.80. The van der Waals surface area contributed by atoms with Crippen LogP contribution in [0.15, 0.2) is 60.7 Å².